The van der Waals surface area contributed by atoms with Crippen LogP contribution in [0.1, 0.15) is 33.3 Å². The van der Waals surface area contributed by atoms with Gasteiger partial charge >= 0.3 is 19.6 Å². The summed E-state index contributed by atoms with van der Waals surface area (Å²) in [5, 5.41) is 14.0. The zero-order valence-corrected chi connectivity index (χ0v) is 15.7. The summed E-state index contributed by atoms with van der Waals surface area (Å²) >= 11 is 0. The summed E-state index contributed by atoms with van der Waals surface area (Å²) in [4.78, 5) is 23.0. The Balaban J connectivity index is 2.84. The Bertz CT molecular complexity index is 622. The molecule has 1 aromatic carbocycles. The molecule has 0 aliphatic carbocycles. The Morgan fingerprint density at radius 1 is 1.08 bits per heavy atom. The number of carbonyl (C=O) groups excluding carboxylic acids is 1. The van der Waals surface area contributed by atoms with Crippen molar-refractivity contribution in [2.45, 2.75) is 52.5 Å². The molecule has 0 aliphatic heterocycles. The second kappa shape index (κ2) is 9.68. The molecule has 25 heavy (non-hydrogen) atoms. The first-order chi connectivity index (χ1) is 11.6. The first kappa shape index (κ1) is 21.3. The van der Waals surface area contributed by atoms with E-state index in [9.17, 15) is 14.2 Å². The van der Waals surface area contributed by atoms with Crippen LogP contribution in [-0.2, 0) is 30.0 Å². The molecule has 0 aliphatic rings. The van der Waals surface area contributed by atoms with Crippen LogP contribution in [0.4, 0.5) is 0 Å². The average Bonchev–Trinajstić information content (AvgIpc) is 2.53. The molecule has 0 spiro atoms. The first-order valence-corrected chi connectivity index (χ1v) is 9.53. The SMILES string of the molecule is CC(C)OC(=O)[C@H](C)NP(=O)(N[C@@H](C)C(=O)O)OCc1ccccc1. The molecule has 0 bridgehead atoms. The largest absolute Gasteiger partial charge is 0.480 e. The third kappa shape index (κ3) is 7.79. The molecule has 0 saturated heterocycles. The number of esters is 1. The lowest BCUT2D eigenvalue weighted by atomic mass is 10.2. The van der Waals surface area contributed by atoms with Gasteiger partial charge in [-0.3, -0.25) is 14.2 Å². The molecule has 0 heterocycles. The molecule has 0 aromatic heterocycles. The number of hydrogen-bond donors (Lipinski definition) is 3. The molecule has 1 aromatic rings. The van der Waals surface area contributed by atoms with Gasteiger partial charge in [0.2, 0.25) is 0 Å². The van der Waals surface area contributed by atoms with Gasteiger partial charge in [-0.05, 0) is 33.3 Å². The fraction of sp³-hybridized carbons (Fsp3) is 0.500. The van der Waals surface area contributed by atoms with E-state index in [1.807, 2.05) is 6.07 Å². The second-order valence-corrected chi connectivity index (χ2v) is 7.71. The number of rotatable bonds is 10. The zero-order valence-electron chi connectivity index (χ0n) is 14.8. The highest BCUT2D eigenvalue weighted by Gasteiger charge is 2.32. The molecule has 0 amide bonds. The number of ether oxygens (including phenoxy) is 1. The predicted octanol–water partition coefficient (Wildman–Crippen LogP) is 2.30. The van der Waals surface area contributed by atoms with Crippen molar-refractivity contribution in [2.75, 3.05) is 0 Å². The lowest BCUT2D eigenvalue weighted by molar-refractivity contribution is -0.149. The second-order valence-electron chi connectivity index (χ2n) is 5.84. The number of carboxylic acids is 1. The van der Waals surface area contributed by atoms with Crippen LogP contribution in [0.25, 0.3) is 0 Å². The van der Waals surface area contributed by atoms with Gasteiger partial charge in [0.15, 0.2) is 0 Å². The summed E-state index contributed by atoms with van der Waals surface area (Å²) in [5.41, 5.74) is 0.756. The number of aliphatic carboxylic acids is 1. The Morgan fingerprint density at radius 2 is 1.64 bits per heavy atom. The molecule has 3 atom stereocenters. The van der Waals surface area contributed by atoms with Crippen LogP contribution in [-0.4, -0.2) is 35.2 Å². The summed E-state index contributed by atoms with van der Waals surface area (Å²) < 4.78 is 23.5. The van der Waals surface area contributed by atoms with E-state index in [-0.39, 0.29) is 12.7 Å². The normalized spacial score (nSPS) is 16.0. The molecule has 0 radical (unpaired) electrons. The van der Waals surface area contributed by atoms with Crippen molar-refractivity contribution in [1.29, 1.82) is 0 Å². The minimum absolute atomic E-state index is 0.0175. The quantitative estimate of drug-likeness (QED) is 0.423. The lowest BCUT2D eigenvalue weighted by Crippen LogP contribution is -2.42. The lowest BCUT2D eigenvalue weighted by Gasteiger charge is -2.25. The van der Waals surface area contributed by atoms with Gasteiger partial charge in [-0.1, -0.05) is 30.3 Å². The van der Waals surface area contributed by atoms with Gasteiger partial charge < -0.3 is 14.4 Å². The van der Waals surface area contributed by atoms with E-state index in [0.29, 0.717) is 0 Å². The van der Waals surface area contributed by atoms with Crippen molar-refractivity contribution < 1.29 is 28.5 Å². The molecule has 3 N–H and O–H groups in total. The Kier molecular flexibility index (Phi) is 8.25. The van der Waals surface area contributed by atoms with Crippen molar-refractivity contribution in [3.63, 3.8) is 0 Å². The number of carbonyl (C=O) groups is 2. The van der Waals surface area contributed by atoms with Crippen LogP contribution in [0, 0.1) is 0 Å². The molecule has 140 valence electrons. The molecule has 1 unspecified atom stereocenters. The fourth-order valence-electron chi connectivity index (χ4n) is 1.80. The maximum Gasteiger partial charge on any atom is 0.342 e. The maximum atomic E-state index is 13.0. The average molecular weight is 372 g/mol. The van der Waals surface area contributed by atoms with E-state index < -0.39 is 31.7 Å². The van der Waals surface area contributed by atoms with Crippen LogP contribution >= 0.6 is 7.67 Å². The molecule has 0 fully saturated rings. The summed E-state index contributed by atoms with van der Waals surface area (Å²) in [6.07, 6.45) is -0.327. The number of hydrogen-bond acceptors (Lipinski definition) is 5. The molecular formula is C16H25N2O6P. The van der Waals surface area contributed by atoms with E-state index in [1.54, 1.807) is 38.1 Å². The van der Waals surface area contributed by atoms with E-state index in [0.717, 1.165) is 5.56 Å². The Labute approximate surface area is 147 Å². The molecular weight excluding hydrogens is 347 g/mol. The highest BCUT2D eigenvalue weighted by Crippen LogP contribution is 2.40. The van der Waals surface area contributed by atoms with Gasteiger partial charge in [-0.2, -0.15) is 0 Å². The first-order valence-electron chi connectivity index (χ1n) is 7.90. The summed E-state index contributed by atoms with van der Waals surface area (Å²) in [6, 6.07) is 6.90. The highest BCUT2D eigenvalue weighted by molar-refractivity contribution is 7.54. The topological polar surface area (TPSA) is 114 Å². The van der Waals surface area contributed by atoms with Gasteiger partial charge in [-0.25, -0.2) is 10.2 Å². The minimum atomic E-state index is -3.83. The van der Waals surface area contributed by atoms with Crippen LogP contribution < -0.4 is 10.2 Å². The molecule has 8 nitrogen and oxygen atoms in total. The van der Waals surface area contributed by atoms with Gasteiger partial charge in [0, 0.05) is 0 Å². The fourth-order valence-corrected chi connectivity index (χ4v) is 3.59. The van der Waals surface area contributed by atoms with Gasteiger partial charge in [0.25, 0.3) is 0 Å². The van der Waals surface area contributed by atoms with Crippen molar-refractivity contribution in [3.8, 4) is 0 Å². The number of benzene rings is 1. The standard InChI is InChI=1S/C16H25N2O6P/c1-11(2)24-16(21)13(4)18-25(22,17-12(3)15(19)20)23-10-14-8-6-5-7-9-14/h5-9,11-13H,10H2,1-4H3,(H,19,20)(H2,17,18,22)/t12-,13-,25?/m0/s1. The molecule has 1 rings (SSSR count). The van der Waals surface area contributed by atoms with E-state index >= 15 is 0 Å². The Hall–Kier alpha value is -1.73. The zero-order chi connectivity index (χ0) is 19.0. The third-order valence-corrected chi connectivity index (χ3v) is 5.01. The van der Waals surface area contributed by atoms with Crippen LogP contribution in [0.5, 0.6) is 0 Å². The van der Waals surface area contributed by atoms with Gasteiger partial charge in [0.05, 0.1) is 12.7 Å². The van der Waals surface area contributed by atoms with E-state index in [4.69, 9.17) is 14.4 Å². The van der Waals surface area contributed by atoms with E-state index in [2.05, 4.69) is 10.2 Å². The van der Waals surface area contributed by atoms with Crippen molar-refractivity contribution >= 4 is 19.6 Å². The molecule has 9 heteroatoms. The summed E-state index contributed by atoms with van der Waals surface area (Å²) in [5.74, 6) is -1.80. The van der Waals surface area contributed by atoms with Crippen LogP contribution in [0.3, 0.4) is 0 Å². The van der Waals surface area contributed by atoms with Crippen LogP contribution in [0.2, 0.25) is 0 Å². The van der Waals surface area contributed by atoms with Crippen molar-refractivity contribution in [3.05, 3.63) is 35.9 Å². The summed E-state index contributed by atoms with van der Waals surface area (Å²) in [6.45, 7) is 6.17. The van der Waals surface area contributed by atoms with Gasteiger partial charge in [-0.15, -0.1) is 0 Å². The minimum Gasteiger partial charge on any atom is -0.480 e. The van der Waals surface area contributed by atoms with Crippen LogP contribution in [0.15, 0.2) is 30.3 Å². The summed E-state index contributed by atoms with van der Waals surface area (Å²) in [7, 11) is -3.83. The third-order valence-electron chi connectivity index (χ3n) is 3.06. The van der Waals surface area contributed by atoms with Crippen molar-refractivity contribution in [2.24, 2.45) is 0 Å². The van der Waals surface area contributed by atoms with Gasteiger partial charge in [0.1, 0.15) is 12.1 Å². The molecule has 0 saturated carbocycles. The highest BCUT2D eigenvalue weighted by atomic mass is 31.2. The van der Waals surface area contributed by atoms with Crippen molar-refractivity contribution in [1.82, 2.24) is 10.2 Å². The maximum absolute atomic E-state index is 13.0. The number of carboxylic acid groups (broad SMARTS) is 1. The number of nitrogens with one attached hydrogen (secondary N) is 2. The monoisotopic (exact) mass is 372 g/mol. The Morgan fingerprint density at radius 3 is 2.16 bits per heavy atom. The van der Waals surface area contributed by atoms with E-state index in [1.165, 1.54) is 13.8 Å². The smallest absolute Gasteiger partial charge is 0.342 e. The predicted molar refractivity (Wildman–Crippen MR) is 92.9 cm³/mol.